The molecule has 24 heavy (non-hydrogen) atoms. The number of benzene rings is 2. The molecule has 0 aliphatic heterocycles. The molecule has 2 aromatic rings. The highest BCUT2D eigenvalue weighted by Gasteiger charge is 1.99. The van der Waals surface area contributed by atoms with Crippen LogP contribution in [0.5, 0.6) is 5.75 Å². The number of unbranched alkanes of at least 4 members (excludes halogenated alkanes) is 6. The van der Waals surface area contributed by atoms with E-state index < -0.39 is 0 Å². The Labute approximate surface area is 146 Å². The summed E-state index contributed by atoms with van der Waals surface area (Å²) in [4.78, 5) is 0. The summed E-state index contributed by atoms with van der Waals surface area (Å²) >= 11 is 0. The molecule has 0 bridgehead atoms. The zero-order chi connectivity index (χ0) is 16.9. The minimum atomic E-state index is 0.327. The molecule has 0 radical (unpaired) electrons. The monoisotopic (exact) mass is 326 g/mol. The van der Waals surface area contributed by atoms with Crippen LogP contribution in [0.15, 0.2) is 54.6 Å². The van der Waals surface area contributed by atoms with E-state index in [-0.39, 0.29) is 0 Å². The fourth-order valence-electron chi connectivity index (χ4n) is 2.88. The number of hydrogen-bond acceptors (Lipinski definition) is 2. The molecule has 2 aromatic carbocycles. The molecule has 0 unspecified atom stereocenters. The van der Waals surface area contributed by atoms with Crippen molar-refractivity contribution in [3.05, 3.63) is 65.7 Å². The van der Waals surface area contributed by atoms with Crippen molar-refractivity contribution >= 4 is 0 Å². The number of rotatable bonds is 12. The van der Waals surface area contributed by atoms with Gasteiger partial charge in [0, 0.05) is 12.2 Å². The standard InChI is InChI=1S/C22H30O2/c23-22-17-11-10-16-21(22)19-24-18-12-5-3-1-2-4-7-13-20-14-8-6-9-15-20/h6,8-11,14-17,23H,1-5,7,12-13,18-19H2. The van der Waals surface area contributed by atoms with E-state index in [4.69, 9.17) is 4.74 Å². The zero-order valence-electron chi connectivity index (χ0n) is 14.6. The summed E-state index contributed by atoms with van der Waals surface area (Å²) in [5, 5.41) is 9.65. The van der Waals surface area contributed by atoms with Crippen LogP contribution in [0.2, 0.25) is 0 Å². The molecule has 0 aromatic heterocycles. The Bertz CT molecular complexity index is 551. The smallest absolute Gasteiger partial charge is 0.121 e. The van der Waals surface area contributed by atoms with Crippen LogP contribution >= 0.6 is 0 Å². The van der Waals surface area contributed by atoms with Gasteiger partial charge in [0.2, 0.25) is 0 Å². The fraction of sp³-hybridized carbons (Fsp3) is 0.455. The van der Waals surface area contributed by atoms with Crippen molar-refractivity contribution in [3.8, 4) is 5.75 Å². The predicted octanol–water partition coefficient (Wildman–Crippen LogP) is 5.88. The molecule has 0 heterocycles. The van der Waals surface area contributed by atoms with Gasteiger partial charge in [0.25, 0.3) is 0 Å². The van der Waals surface area contributed by atoms with Crippen molar-refractivity contribution in [1.29, 1.82) is 0 Å². The zero-order valence-corrected chi connectivity index (χ0v) is 14.6. The summed E-state index contributed by atoms with van der Waals surface area (Å²) in [6.45, 7) is 1.29. The number of aryl methyl sites for hydroxylation is 1. The second-order valence-corrected chi connectivity index (χ2v) is 6.39. The Morgan fingerprint density at radius 2 is 1.29 bits per heavy atom. The first-order valence-electron chi connectivity index (χ1n) is 9.25. The molecule has 0 aliphatic carbocycles. The molecule has 0 saturated carbocycles. The van der Waals surface area contributed by atoms with Gasteiger partial charge in [0.15, 0.2) is 0 Å². The van der Waals surface area contributed by atoms with Crippen LogP contribution in [0.1, 0.15) is 56.1 Å². The molecule has 1 N–H and O–H groups in total. The summed E-state index contributed by atoms with van der Waals surface area (Å²) in [6.07, 6.45) is 10.1. The van der Waals surface area contributed by atoms with E-state index in [1.54, 1.807) is 6.07 Å². The number of ether oxygens (including phenoxy) is 1. The van der Waals surface area contributed by atoms with E-state index in [0.29, 0.717) is 12.4 Å². The van der Waals surface area contributed by atoms with Gasteiger partial charge in [-0.3, -0.25) is 0 Å². The van der Waals surface area contributed by atoms with Gasteiger partial charge in [-0.05, 0) is 30.9 Å². The Morgan fingerprint density at radius 1 is 0.667 bits per heavy atom. The van der Waals surface area contributed by atoms with Crippen LogP contribution in [0.3, 0.4) is 0 Å². The van der Waals surface area contributed by atoms with Crippen molar-refractivity contribution in [1.82, 2.24) is 0 Å². The van der Waals surface area contributed by atoms with Crippen LogP contribution in [-0.4, -0.2) is 11.7 Å². The molecule has 2 rings (SSSR count). The number of phenolic OH excluding ortho intramolecular Hbond substituents is 1. The van der Waals surface area contributed by atoms with Gasteiger partial charge in [-0.15, -0.1) is 0 Å². The van der Waals surface area contributed by atoms with Crippen LogP contribution in [0.25, 0.3) is 0 Å². The Kier molecular flexibility index (Phi) is 9.03. The summed E-state index contributed by atoms with van der Waals surface area (Å²) < 4.78 is 5.63. The highest BCUT2D eigenvalue weighted by atomic mass is 16.5. The summed E-state index contributed by atoms with van der Waals surface area (Å²) in [5.74, 6) is 0.327. The fourth-order valence-corrected chi connectivity index (χ4v) is 2.88. The summed E-state index contributed by atoms with van der Waals surface area (Å²) in [6, 6.07) is 18.1. The number of phenols is 1. The van der Waals surface area contributed by atoms with E-state index in [0.717, 1.165) is 18.6 Å². The van der Waals surface area contributed by atoms with Crippen LogP contribution in [0, 0.1) is 0 Å². The minimum absolute atomic E-state index is 0.327. The lowest BCUT2D eigenvalue weighted by Crippen LogP contribution is -1.96. The van der Waals surface area contributed by atoms with Gasteiger partial charge in [-0.25, -0.2) is 0 Å². The molecule has 0 atom stereocenters. The maximum Gasteiger partial charge on any atom is 0.121 e. The lowest BCUT2D eigenvalue weighted by atomic mass is 10.0. The second kappa shape index (κ2) is 11.7. The first kappa shape index (κ1) is 18.5. The van der Waals surface area contributed by atoms with Crippen molar-refractivity contribution in [3.63, 3.8) is 0 Å². The molecule has 130 valence electrons. The normalized spacial score (nSPS) is 10.8. The number of hydrogen-bond donors (Lipinski definition) is 1. The lowest BCUT2D eigenvalue weighted by molar-refractivity contribution is 0.115. The Hall–Kier alpha value is -1.80. The quantitative estimate of drug-likeness (QED) is 0.493. The van der Waals surface area contributed by atoms with Crippen molar-refractivity contribution in [2.24, 2.45) is 0 Å². The first-order chi connectivity index (χ1) is 11.9. The third-order valence-corrected chi connectivity index (χ3v) is 4.35. The molecular weight excluding hydrogens is 296 g/mol. The van der Waals surface area contributed by atoms with Gasteiger partial charge in [-0.2, -0.15) is 0 Å². The van der Waals surface area contributed by atoms with E-state index in [9.17, 15) is 5.11 Å². The van der Waals surface area contributed by atoms with E-state index in [1.165, 1.54) is 50.5 Å². The van der Waals surface area contributed by atoms with Crippen LogP contribution in [0.4, 0.5) is 0 Å². The van der Waals surface area contributed by atoms with Crippen LogP contribution in [-0.2, 0) is 17.8 Å². The number of para-hydroxylation sites is 1. The minimum Gasteiger partial charge on any atom is -0.508 e. The predicted molar refractivity (Wildman–Crippen MR) is 100 cm³/mol. The van der Waals surface area contributed by atoms with Crippen molar-refractivity contribution < 1.29 is 9.84 Å². The summed E-state index contributed by atoms with van der Waals surface area (Å²) in [5.41, 5.74) is 2.33. The first-order valence-corrected chi connectivity index (χ1v) is 9.25. The maximum atomic E-state index is 9.65. The maximum absolute atomic E-state index is 9.65. The van der Waals surface area contributed by atoms with Gasteiger partial charge in [0.1, 0.15) is 5.75 Å². The Balaban J connectivity index is 1.37. The van der Waals surface area contributed by atoms with E-state index in [2.05, 4.69) is 30.3 Å². The molecular formula is C22H30O2. The van der Waals surface area contributed by atoms with E-state index in [1.807, 2.05) is 18.2 Å². The molecule has 2 heteroatoms. The largest absolute Gasteiger partial charge is 0.508 e. The van der Waals surface area contributed by atoms with E-state index >= 15 is 0 Å². The highest BCUT2D eigenvalue weighted by molar-refractivity contribution is 5.30. The van der Waals surface area contributed by atoms with Crippen LogP contribution < -0.4 is 0 Å². The van der Waals surface area contributed by atoms with Gasteiger partial charge in [0.05, 0.1) is 6.61 Å². The highest BCUT2D eigenvalue weighted by Crippen LogP contribution is 2.16. The lowest BCUT2D eigenvalue weighted by Gasteiger charge is -2.06. The molecule has 0 spiro atoms. The molecule has 2 nitrogen and oxygen atoms in total. The molecule has 0 amide bonds. The third kappa shape index (κ3) is 7.65. The molecule has 0 aliphatic rings. The third-order valence-electron chi connectivity index (χ3n) is 4.35. The number of aromatic hydroxyl groups is 1. The van der Waals surface area contributed by atoms with Crippen molar-refractivity contribution in [2.45, 2.75) is 58.0 Å². The molecule has 0 saturated heterocycles. The molecule has 0 fully saturated rings. The van der Waals surface area contributed by atoms with Gasteiger partial charge < -0.3 is 9.84 Å². The summed E-state index contributed by atoms with van der Waals surface area (Å²) in [7, 11) is 0. The SMILES string of the molecule is Oc1ccccc1COCCCCCCCCCc1ccccc1. The average molecular weight is 326 g/mol. The second-order valence-electron chi connectivity index (χ2n) is 6.39. The van der Waals surface area contributed by atoms with Gasteiger partial charge >= 0.3 is 0 Å². The average Bonchev–Trinajstić information content (AvgIpc) is 2.62. The van der Waals surface area contributed by atoms with Gasteiger partial charge in [-0.1, -0.05) is 80.6 Å². The Morgan fingerprint density at radius 3 is 2.04 bits per heavy atom. The van der Waals surface area contributed by atoms with Crippen molar-refractivity contribution in [2.75, 3.05) is 6.61 Å². The topological polar surface area (TPSA) is 29.5 Å².